The van der Waals surface area contributed by atoms with E-state index in [4.69, 9.17) is 4.42 Å². The van der Waals surface area contributed by atoms with E-state index < -0.39 is 0 Å². The van der Waals surface area contributed by atoms with E-state index in [-0.39, 0.29) is 11.4 Å². The van der Waals surface area contributed by atoms with Crippen LogP contribution in [0.15, 0.2) is 21.3 Å². The normalized spacial score (nSPS) is 14.9. The van der Waals surface area contributed by atoms with E-state index in [0.29, 0.717) is 5.58 Å². The zero-order chi connectivity index (χ0) is 12.0. The van der Waals surface area contributed by atoms with Crippen LogP contribution in [0.5, 0.6) is 5.75 Å². The summed E-state index contributed by atoms with van der Waals surface area (Å²) in [6.07, 6.45) is 3.71. The Bertz CT molecular complexity index is 653. The third-order valence-corrected chi connectivity index (χ3v) is 3.44. The van der Waals surface area contributed by atoms with Gasteiger partial charge in [0.25, 0.3) is 0 Å². The van der Waals surface area contributed by atoms with Gasteiger partial charge in [0.1, 0.15) is 11.3 Å². The zero-order valence-corrected chi connectivity index (χ0v) is 9.75. The number of hydrogen-bond donors (Lipinski definition) is 1. The highest BCUT2D eigenvalue weighted by Gasteiger charge is 2.20. The van der Waals surface area contributed by atoms with Crippen LogP contribution in [-0.2, 0) is 12.8 Å². The fourth-order valence-electron chi connectivity index (χ4n) is 2.69. The predicted molar refractivity (Wildman–Crippen MR) is 65.5 cm³/mol. The van der Waals surface area contributed by atoms with Gasteiger partial charge < -0.3 is 9.52 Å². The lowest BCUT2D eigenvalue weighted by atomic mass is 9.90. The van der Waals surface area contributed by atoms with Gasteiger partial charge in [0.2, 0.25) is 0 Å². The fraction of sp³-hybridized carbons (Fsp3) is 0.357. The Morgan fingerprint density at radius 3 is 2.65 bits per heavy atom. The molecule has 0 unspecified atom stereocenters. The number of fused-ring (bicyclic) bond motifs is 3. The molecule has 0 fully saturated rings. The Balaban J connectivity index is 2.47. The second-order valence-electron chi connectivity index (χ2n) is 4.71. The van der Waals surface area contributed by atoms with Crippen LogP contribution in [0.2, 0.25) is 0 Å². The van der Waals surface area contributed by atoms with Crippen LogP contribution in [0.1, 0.15) is 29.5 Å². The summed E-state index contributed by atoms with van der Waals surface area (Å²) in [5.74, 6) is 0.224. The summed E-state index contributed by atoms with van der Waals surface area (Å²) in [6.45, 7) is 1.87. The molecule has 17 heavy (non-hydrogen) atoms. The molecule has 1 aliphatic rings. The minimum Gasteiger partial charge on any atom is -0.507 e. The molecule has 3 rings (SSSR count). The molecule has 2 aromatic rings. The van der Waals surface area contributed by atoms with Gasteiger partial charge in [-0.3, -0.25) is 0 Å². The molecule has 0 bridgehead atoms. The third-order valence-electron chi connectivity index (χ3n) is 3.44. The number of hydrogen-bond acceptors (Lipinski definition) is 3. The first kappa shape index (κ1) is 10.4. The molecule has 1 aromatic heterocycles. The maximum Gasteiger partial charge on any atom is 0.339 e. The van der Waals surface area contributed by atoms with E-state index in [1.807, 2.05) is 13.0 Å². The smallest absolute Gasteiger partial charge is 0.339 e. The third kappa shape index (κ3) is 1.54. The first-order valence-corrected chi connectivity index (χ1v) is 5.95. The van der Waals surface area contributed by atoms with Gasteiger partial charge in [-0.25, -0.2) is 4.79 Å². The van der Waals surface area contributed by atoms with E-state index in [2.05, 4.69) is 0 Å². The van der Waals surface area contributed by atoms with Crippen LogP contribution in [0, 0.1) is 6.92 Å². The van der Waals surface area contributed by atoms with E-state index in [9.17, 15) is 9.90 Å². The van der Waals surface area contributed by atoms with Gasteiger partial charge in [0, 0.05) is 5.56 Å². The Labute approximate surface area is 98.7 Å². The Hall–Kier alpha value is -1.77. The lowest BCUT2D eigenvalue weighted by molar-refractivity contribution is 0.475. The largest absolute Gasteiger partial charge is 0.507 e. The Morgan fingerprint density at radius 2 is 1.88 bits per heavy atom. The molecule has 3 heteroatoms. The molecular weight excluding hydrogens is 216 g/mol. The Morgan fingerprint density at radius 1 is 1.18 bits per heavy atom. The quantitative estimate of drug-likeness (QED) is 0.708. The molecule has 3 nitrogen and oxygen atoms in total. The summed E-state index contributed by atoms with van der Waals surface area (Å²) < 4.78 is 5.31. The maximum absolute atomic E-state index is 11.9. The average molecular weight is 230 g/mol. The predicted octanol–water partition coefficient (Wildman–Crippen LogP) is 2.69. The number of benzene rings is 1. The topological polar surface area (TPSA) is 50.4 Å². The van der Waals surface area contributed by atoms with Crippen molar-refractivity contribution in [2.24, 2.45) is 0 Å². The van der Waals surface area contributed by atoms with Gasteiger partial charge >= 0.3 is 5.63 Å². The minimum atomic E-state index is -0.239. The summed E-state index contributed by atoms with van der Waals surface area (Å²) in [7, 11) is 0. The summed E-state index contributed by atoms with van der Waals surface area (Å²) in [6, 6.07) is 3.53. The first-order valence-electron chi connectivity index (χ1n) is 5.95. The molecule has 0 radical (unpaired) electrons. The van der Waals surface area contributed by atoms with E-state index in [1.54, 1.807) is 6.07 Å². The summed E-state index contributed by atoms with van der Waals surface area (Å²) in [5.41, 5.74) is 2.90. The van der Waals surface area contributed by atoms with E-state index in [0.717, 1.165) is 47.8 Å². The molecule has 1 heterocycles. The number of phenols is 1. The first-order chi connectivity index (χ1) is 8.16. The van der Waals surface area contributed by atoms with Gasteiger partial charge in [-0.2, -0.15) is 0 Å². The molecule has 0 aliphatic heterocycles. The molecule has 1 aromatic carbocycles. The van der Waals surface area contributed by atoms with Crippen LogP contribution < -0.4 is 5.63 Å². The highest BCUT2D eigenvalue weighted by atomic mass is 16.4. The molecular formula is C14H14O3. The van der Waals surface area contributed by atoms with Gasteiger partial charge in [-0.05, 0) is 55.9 Å². The van der Waals surface area contributed by atoms with E-state index in [1.165, 1.54) is 0 Å². The van der Waals surface area contributed by atoms with Crippen molar-refractivity contribution >= 4 is 11.0 Å². The van der Waals surface area contributed by atoms with Crippen molar-refractivity contribution < 1.29 is 9.52 Å². The van der Waals surface area contributed by atoms with Crippen LogP contribution in [0.4, 0.5) is 0 Å². The Kier molecular flexibility index (Phi) is 2.21. The van der Waals surface area contributed by atoms with Gasteiger partial charge in [0.05, 0.1) is 5.39 Å². The molecule has 0 amide bonds. The van der Waals surface area contributed by atoms with Crippen molar-refractivity contribution in [3.8, 4) is 5.75 Å². The van der Waals surface area contributed by atoms with Crippen LogP contribution >= 0.6 is 0 Å². The summed E-state index contributed by atoms with van der Waals surface area (Å²) in [5, 5.41) is 10.8. The van der Waals surface area contributed by atoms with Crippen molar-refractivity contribution in [3.05, 3.63) is 39.2 Å². The summed E-state index contributed by atoms with van der Waals surface area (Å²) >= 11 is 0. The lowest BCUT2D eigenvalue weighted by Gasteiger charge is -2.16. The molecule has 0 spiro atoms. The second-order valence-corrected chi connectivity index (χ2v) is 4.71. The highest BCUT2D eigenvalue weighted by molar-refractivity contribution is 5.88. The van der Waals surface area contributed by atoms with Crippen LogP contribution in [0.3, 0.4) is 0 Å². The van der Waals surface area contributed by atoms with Crippen molar-refractivity contribution in [2.75, 3.05) is 0 Å². The average Bonchev–Trinajstić information content (AvgIpc) is 2.28. The molecule has 88 valence electrons. The van der Waals surface area contributed by atoms with Crippen molar-refractivity contribution in [3.63, 3.8) is 0 Å². The van der Waals surface area contributed by atoms with Crippen LogP contribution in [-0.4, -0.2) is 5.11 Å². The van der Waals surface area contributed by atoms with Crippen molar-refractivity contribution in [1.82, 2.24) is 0 Å². The molecule has 1 aliphatic carbocycles. The maximum atomic E-state index is 11.9. The summed E-state index contributed by atoms with van der Waals surface area (Å²) in [4.78, 5) is 11.9. The second kappa shape index (κ2) is 3.62. The fourth-order valence-corrected chi connectivity index (χ4v) is 2.69. The highest BCUT2D eigenvalue weighted by Crippen LogP contribution is 2.33. The molecule has 0 saturated heterocycles. The van der Waals surface area contributed by atoms with Gasteiger partial charge in [0.15, 0.2) is 0 Å². The molecule has 0 saturated carbocycles. The SMILES string of the molecule is Cc1cc(O)c2c3c(c(=O)oc2c1)CCCC3. The van der Waals surface area contributed by atoms with E-state index >= 15 is 0 Å². The molecule has 0 atom stereocenters. The molecule has 1 N–H and O–H groups in total. The van der Waals surface area contributed by atoms with Crippen molar-refractivity contribution in [1.29, 1.82) is 0 Å². The van der Waals surface area contributed by atoms with Crippen molar-refractivity contribution in [2.45, 2.75) is 32.6 Å². The van der Waals surface area contributed by atoms with Gasteiger partial charge in [-0.15, -0.1) is 0 Å². The standard InChI is InChI=1S/C14H14O3/c1-8-6-11(15)13-9-4-2-3-5-10(9)14(16)17-12(13)7-8/h6-7,15H,2-5H2,1H3. The van der Waals surface area contributed by atoms with Crippen LogP contribution in [0.25, 0.3) is 11.0 Å². The monoisotopic (exact) mass is 230 g/mol. The zero-order valence-electron chi connectivity index (χ0n) is 9.75. The van der Waals surface area contributed by atoms with Gasteiger partial charge in [-0.1, -0.05) is 0 Å². The minimum absolute atomic E-state index is 0.224. The number of aryl methyl sites for hydroxylation is 2. The lowest BCUT2D eigenvalue weighted by Crippen LogP contribution is -2.15. The number of phenolic OH excluding ortho intramolecular Hbond substituents is 1. The number of aromatic hydroxyl groups is 1. The number of rotatable bonds is 0.